The molecule has 8 rings (SSSR count). The van der Waals surface area contributed by atoms with Crippen LogP contribution in [0.25, 0.3) is 0 Å². The molecule has 0 bridgehead atoms. The number of anilines is 1. The molecule has 2 N–H and O–H groups in total. The number of ether oxygens (including phenoxy) is 1. The maximum Gasteiger partial charge on any atom is 0.354 e. The van der Waals surface area contributed by atoms with Crippen LogP contribution in [0.15, 0.2) is 106 Å². The average Bonchev–Trinajstić information content (AvgIpc) is 3.91. The van der Waals surface area contributed by atoms with Crippen molar-refractivity contribution in [2.45, 2.75) is 68.3 Å². The first-order valence-electron chi connectivity index (χ1n) is 16.5. The van der Waals surface area contributed by atoms with Crippen LogP contribution in [0, 0.1) is 5.82 Å². The number of carbonyl (C=O) groups is 1. The highest BCUT2D eigenvalue weighted by molar-refractivity contribution is 7.92. The molecule has 11 heteroatoms. The van der Waals surface area contributed by atoms with Crippen LogP contribution in [0.1, 0.15) is 52.3 Å². The van der Waals surface area contributed by atoms with Gasteiger partial charge in [-0.05, 0) is 65.1 Å². The van der Waals surface area contributed by atoms with Gasteiger partial charge in [-0.15, -0.1) is 4.36 Å². The van der Waals surface area contributed by atoms with Gasteiger partial charge in [0.1, 0.15) is 28.5 Å². The number of rotatable bonds is 7. The predicted octanol–water partition coefficient (Wildman–Crippen LogP) is 7.28. The van der Waals surface area contributed by atoms with Crippen molar-refractivity contribution in [3.05, 3.63) is 142 Å². The third-order valence-corrected chi connectivity index (χ3v) is 11.6. The van der Waals surface area contributed by atoms with Gasteiger partial charge in [0.15, 0.2) is 9.92 Å². The summed E-state index contributed by atoms with van der Waals surface area (Å²) in [5.41, 5.74) is 3.30. The van der Waals surface area contributed by atoms with Crippen LogP contribution < -0.4 is 14.8 Å². The molecule has 0 fully saturated rings. The zero-order chi connectivity index (χ0) is 33.8. The summed E-state index contributed by atoms with van der Waals surface area (Å²) in [5, 5.41) is 7.33. The summed E-state index contributed by atoms with van der Waals surface area (Å²) in [6.07, 6.45) is 1.67. The van der Waals surface area contributed by atoms with Gasteiger partial charge in [0.25, 0.3) is 0 Å². The highest BCUT2D eigenvalue weighted by Crippen LogP contribution is 2.43. The van der Waals surface area contributed by atoms with Gasteiger partial charge in [-0.1, -0.05) is 91.0 Å². The first-order chi connectivity index (χ1) is 23.8. The Morgan fingerprint density at radius 2 is 1.47 bits per heavy atom. The summed E-state index contributed by atoms with van der Waals surface area (Å²) in [6.45, 7) is 2.32. The van der Waals surface area contributed by atoms with Crippen LogP contribution >= 0.6 is 0 Å². The van der Waals surface area contributed by atoms with Gasteiger partial charge in [-0.3, -0.25) is 0 Å². The number of hydrogen-bond acceptors (Lipinski definition) is 4. The highest BCUT2D eigenvalue weighted by atomic mass is 32.2. The Labute approximate surface area is 283 Å². The summed E-state index contributed by atoms with van der Waals surface area (Å²) in [4.78, 5) is 14.3. The molecule has 1 unspecified atom stereocenters. The summed E-state index contributed by atoms with van der Waals surface area (Å²) < 4.78 is 61.6. The smallest absolute Gasteiger partial charge is 0.354 e. The van der Waals surface area contributed by atoms with Crippen LogP contribution in [0.3, 0.4) is 0 Å². The van der Waals surface area contributed by atoms with Crippen molar-refractivity contribution in [1.82, 2.24) is 14.5 Å². The topological polar surface area (TPSA) is 97.6 Å². The van der Waals surface area contributed by atoms with Gasteiger partial charge in [0, 0.05) is 18.5 Å². The lowest BCUT2D eigenvalue weighted by atomic mass is 9.78. The van der Waals surface area contributed by atoms with Crippen molar-refractivity contribution in [2.75, 3.05) is 5.32 Å². The number of halogens is 2. The minimum absolute atomic E-state index is 0.00937. The predicted molar refractivity (Wildman–Crippen MR) is 183 cm³/mol. The Hall–Kier alpha value is -4.87. The normalized spacial score (nSPS) is 19.0. The number of alkyl halides is 1. The number of nitrogens with zero attached hydrogens (tertiary/aromatic N) is 3. The quantitative estimate of drug-likeness (QED) is 0.177. The summed E-state index contributed by atoms with van der Waals surface area (Å²) in [6, 6.07) is 27.8. The average molecular weight is 680 g/mol. The number of amides is 2. The fourth-order valence-electron chi connectivity index (χ4n) is 7.60. The minimum atomic E-state index is -3.94. The lowest BCUT2D eigenvalue weighted by molar-refractivity contribution is 0.248. The van der Waals surface area contributed by atoms with E-state index in [1.54, 1.807) is 4.68 Å². The molecule has 0 saturated carbocycles. The van der Waals surface area contributed by atoms with E-state index >= 15 is 8.60 Å². The number of nitrogens with one attached hydrogen (secondary N) is 2. The van der Waals surface area contributed by atoms with Crippen LogP contribution in [-0.4, -0.2) is 32.3 Å². The summed E-state index contributed by atoms with van der Waals surface area (Å²) in [5.74, 6) is -0.114. The zero-order valence-electron chi connectivity index (χ0n) is 26.9. The van der Waals surface area contributed by atoms with Crippen molar-refractivity contribution >= 4 is 21.6 Å². The highest BCUT2D eigenvalue weighted by Gasteiger charge is 2.43. The second kappa shape index (κ2) is 12.2. The van der Waals surface area contributed by atoms with Crippen molar-refractivity contribution in [2.24, 2.45) is 4.36 Å². The van der Waals surface area contributed by atoms with E-state index in [2.05, 4.69) is 19.5 Å². The van der Waals surface area contributed by atoms with E-state index in [0.29, 0.717) is 47.3 Å². The van der Waals surface area contributed by atoms with Crippen LogP contribution in [0.2, 0.25) is 0 Å². The van der Waals surface area contributed by atoms with E-state index in [1.165, 1.54) is 6.20 Å². The van der Waals surface area contributed by atoms with Crippen molar-refractivity contribution < 1.29 is 22.5 Å². The van der Waals surface area contributed by atoms with E-state index in [1.807, 2.05) is 97.9 Å². The minimum Gasteiger partial charge on any atom is -0.472 e. The van der Waals surface area contributed by atoms with Gasteiger partial charge in [0.05, 0.1) is 12.7 Å². The molecule has 0 spiro atoms. The molecule has 49 heavy (non-hydrogen) atoms. The Kier molecular flexibility index (Phi) is 7.83. The van der Waals surface area contributed by atoms with Crippen molar-refractivity contribution in [3.63, 3.8) is 0 Å². The lowest BCUT2D eigenvalue weighted by Crippen LogP contribution is -2.48. The second-order valence-electron chi connectivity index (χ2n) is 12.9. The molecule has 2 aliphatic carbocycles. The first-order valence-corrected chi connectivity index (χ1v) is 18.0. The van der Waals surface area contributed by atoms with Gasteiger partial charge >= 0.3 is 6.03 Å². The molecule has 5 aromatic rings. The van der Waals surface area contributed by atoms with E-state index in [9.17, 15) is 9.18 Å². The van der Waals surface area contributed by atoms with E-state index in [4.69, 9.17) is 4.74 Å². The van der Waals surface area contributed by atoms with E-state index in [0.717, 1.165) is 23.1 Å². The van der Waals surface area contributed by atoms with Crippen molar-refractivity contribution in [1.29, 1.82) is 0 Å². The Bertz CT molecular complexity index is 2090. The molecule has 2 heterocycles. The Morgan fingerprint density at radius 3 is 2.08 bits per heavy atom. The molecule has 1 aliphatic heterocycles. The molecule has 250 valence electrons. The number of hydrogen-bond donors (Lipinski definition) is 2. The standard InChI is InChI=1S/C38H35F2N5O3S/c1-24-23-45-36(48-24)33(22-41-45)49(47,43-37(46)42-35-30-19-11-18-29(30)34(40)31-20-28(39)21-32(31)35)44-38(25-12-5-2-6-13-25,26-14-7-3-8-15-26)27-16-9-4-10-17-27/h2-10,12-17,22,24,28H,11,18-21,23H2,1H3,(H2,42,43,44,46,47)/t24-,28+,49?/m1/s1. The zero-order valence-corrected chi connectivity index (χ0v) is 27.7. The van der Waals surface area contributed by atoms with E-state index in [-0.39, 0.29) is 35.5 Å². The maximum atomic E-state index is 15.8. The van der Waals surface area contributed by atoms with Crippen LogP contribution in [-0.2, 0) is 47.7 Å². The molecule has 8 nitrogen and oxygen atoms in total. The third-order valence-electron chi connectivity index (χ3n) is 9.72. The van der Waals surface area contributed by atoms with Gasteiger partial charge in [-0.2, -0.15) is 5.10 Å². The molecule has 4 aromatic carbocycles. The molecule has 1 aromatic heterocycles. The fourth-order valence-corrected chi connectivity index (χ4v) is 9.48. The van der Waals surface area contributed by atoms with E-state index < -0.39 is 27.7 Å². The van der Waals surface area contributed by atoms with Crippen LogP contribution in [0.5, 0.6) is 5.88 Å². The largest absolute Gasteiger partial charge is 0.472 e. The third kappa shape index (κ3) is 5.32. The molecule has 2 amide bonds. The SMILES string of the molecule is C[C@@H]1Cn2ncc(S(=O)(=NC(=O)Nc3c4c(c(F)c5c3C[C@@H](F)C5)CCC4)NC(c3ccccc3)(c3ccccc3)c3ccccc3)c2O1. The lowest BCUT2D eigenvalue weighted by Gasteiger charge is -2.37. The monoisotopic (exact) mass is 679 g/mol. The molecule has 0 radical (unpaired) electrons. The molecule has 0 saturated heterocycles. The molecule has 3 aliphatic rings. The van der Waals surface area contributed by atoms with Gasteiger partial charge in [0.2, 0.25) is 5.88 Å². The molecular weight excluding hydrogens is 645 g/mol. The van der Waals surface area contributed by atoms with Gasteiger partial charge < -0.3 is 10.1 Å². The Morgan fingerprint density at radius 1 is 0.898 bits per heavy atom. The van der Waals surface area contributed by atoms with Crippen LogP contribution in [0.4, 0.5) is 19.3 Å². The second-order valence-corrected chi connectivity index (χ2v) is 14.8. The maximum absolute atomic E-state index is 15.8. The number of urea groups is 1. The number of fused-ring (bicyclic) bond motifs is 3. The fraction of sp³-hybridized carbons (Fsp3) is 0.263. The molecular formula is C38H35F2N5O3S. The van der Waals surface area contributed by atoms with Crippen molar-refractivity contribution in [3.8, 4) is 5.88 Å². The summed E-state index contributed by atoms with van der Waals surface area (Å²) >= 11 is 0. The first kappa shape index (κ1) is 31.4. The Balaban J connectivity index is 1.33. The molecule has 3 atom stereocenters. The summed E-state index contributed by atoms with van der Waals surface area (Å²) in [7, 11) is -3.94. The number of benzene rings is 4. The van der Waals surface area contributed by atoms with Gasteiger partial charge in [-0.25, -0.2) is 27.2 Å². The number of carbonyl (C=O) groups excluding carboxylic acids is 1. The number of aromatic nitrogens is 2.